The lowest BCUT2D eigenvalue weighted by Crippen LogP contribution is -2.42. The molecule has 2 N–H and O–H groups in total. The van der Waals surface area contributed by atoms with Crippen LogP contribution in [0.1, 0.15) is 25.7 Å². The zero-order chi connectivity index (χ0) is 12.3. The molecule has 1 fully saturated rings. The summed E-state index contributed by atoms with van der Waals surface area (Å²) < 4.78 is 35.4. The fourth-order valence-corrected chi connectivity index (χ4v) is 1.31. The maximum Gasteiger partial charge on any atom is 0.389 e. The fourth-order valence-electron chi connectivity index (χ4n) is 1.31. The first-order chi connectivity index (χ1) is 7.29. The zero-order valence-electron chi connectivity index (χ0n) is 8.38. The summed E-state index contributed by atoms with van der Waals surface area (Å²) in [4.78, 5) is 21.7. The van der Waals surface area contributed by atoms with Crippen molar-refractivity contribution in [2.24, 2.45) is 5.92 Å². The average Bonchev–Trinajstić information content (AvgIpc) is 2.92. The molecule has 16 heavy (non-hydrogen) atoms. The van der Waals surface area contributed by atoms with Crippen LogP contribution in [0.5, 0.6) is 0 Å². The van der Waals surface area contributed by atoms with E-state index in [-0.39, 0.29) is 5.92 Å². The predicted molar refractivity (Wildman–Crippen MR) is 47.6 cm³/mol. The molecule has 92 valence electrons. The highest BCUT2D eigenvalue weighted by Gasteiger charge is 2.37. The third kappa shape index (κ3) is 4.50. The van der Waals surface area contributed by atoms with Gasteiger partial charge in [0, 0.05) is 6.42 Å². The molecule has 4 nitrogen and oxygen atoms in total. The summed E-state index contributed by atoms with van der Waals surface area (Å²) in [5.74, 6) is -2.19. The second-order valence-corrected chi connectivity index (χ2v) is 3.84. The number of rotatable bonds is 5. The molecule has 0 aliphatic heterocycles. The van der Waals surface area contributed by atoms with E-state index in [2.05, 4.69) is 5.32 Å². The Morgan fingerprint density at radius 2 is 1.94 bits per heavy atom. The van der Waals surface area contributed by atoms with E-state index in [9.17, 15) is 22.8 Å². The van der Waals surface area contributed by atoms with E-state index in [1.54, 1.807) is 0 Å². The Morgan fingerprint density at radius 3 is 2.31 bits per heavy atom. The summed E-state index contributed by atoms with van der Waals surface area (Å²) in [6.45, 7) is 0. The van der Waals surface area contributed by atoms with E-state index >= 15 is 0 Å². The SMILES string of the molecule is O=C(CCC(F)(F)F)NC(C(=O)O)C1CC1. The average molecular weight is 239 g/mol. The van der Waals surface area contributed by atoms with Crippen molar-refractivity contribution in [2.75, 3.05) is 0 Å². The number of hydrogen-bond acceptors (Lipinski definition) is 2. The molecule has 1 atom stereocenters. The molecule has 0 aromatic rings. The first-order valence-corrected chi connectivity index (χ1v) is 4.88. The number of hydrogen-bond donors (Lipinski definition) is 2. The normalized spacial score (nSPS) is 17.9. The lowest BCUT2D eigenvalue weighted by molar-refractivity contribution is -0.147. The number of carboxylic acid groups (broad SMARTS) is 1. The molecule has 0 bridgehead atoms. The molecule has 1 saturated carbocycles. The molecule has 1 unspecified atom stereocenters. The minimum Gasteiger partial charge on any atom is -0.480 e. The van der Waals surface area contributed by atoms with Gasteiger partial charge in [0.2, 0.25) is 5.91 Å². The lowest BCUT2D eigenvalue weighted by atomic mass is 10.1. The fraction of sp³-hybridized carbons (Fsp3) is 0.778. The standard InChI is InChI=1S/C9H12F3NO3/c10-9(11,12)4-3-6(14)13-7(8(15)16)5-1-2-5/h5,7H,1-4H2,(H,13,14)(H,15,16). The number of carboxylic acids is 1. The monoisotopic (exact) mass is 239 g/mol. The molecule has 0 radical (unpaired) electrons. The number of carbonyl (C=O) groups is 2. The van der Waals surface area contributed by atoms with E-state index in [0.29, 0.717) is 12.8 Å². The van der Waals surface area contributed by atoms with Gasteiger partial charge in [0.15, 0.2) is 0 Å². The van der Waals surface area contributed by atoms with Gasteiger partial charge in [-0.1, -0.05) is 0 Å². The van der Waals surface area contributed by atoms with Gasteiger partial charge >= 0.3 is 12.1 Å². The van der Waals surface area contributed by atoms with Crippen LogP contribution in [0, 0.1) is 5.92 Å². The van der Waals surface area contributed by atoms with Gasteiger partial charge in [0.1, 0.15) is 6.04 Å². The highest BCUT2D eigenvalue weighted by molar-refractivity contribution is 5.84. The Balaban J connectivity index is 2.34. The van der Waals surface area contributed by atoms with Crippen LogP contribution in [-0.4, -0.2) is 29.2 Å². The minimum atomic E-state index is -4.39. The Hall–Kier alpha value is -1.27. The van der Waals surface area contributed by atoms with Crippen molar-refractivity contribution in [1.29, 1.82) is 0 Å². The van der Waals surface area contributed by atoms with Crippen molar-refractivity contribution in [3.63, 3.8) is 0 Å². The van der Waals surface area contributed by atoms with Gasteiger partial charge in [0.05, 0.1) is 6.42 Å². The molecule has 0 spiro atoms. The van der Waals surface area contributed by atoms with Crippen LogP contribution < -0.4 is 5.32 Å². The zero-order valence-corrected chi connectivity index (χ0v) is 8.38. The maximum atomic E-state index is 11.8. The van der Waals surface area contributed by atoms with E-state index < -0.39 is 36.9 Å². The first-order valence-electron chi connectivity index (χ1n) is 4.88. The topological polar surface area (TPSA) is 66.4 Å². The molecule has 1 aliphatic carbocycles. The maximum absolute atomic E-state index is 11.8. The number of carbonyl (C=O) groups excluding carboxylic acids is 1. The van der Waals surface area contributed by atoms with Crippen LogP contribution in [0.15, 0.2) is 0 Å². The Labute approximate surface area is 89.8 Å². The van der Waals surface area contributed by atoms with Crippen molar-refractivity contribution >= 4 is 11.9 Å². The van der Waals surface area contributed by atoms with Gasteiger partial charge < -0.3 is 10.4 Å². The number of alkyl halides is 3. The molecule has 0 heterocycles. The summed E-state index contributed by atoms with van der Waals surface area (Å²) in [7, 11) is 0. The second-order valence-electron chi connectivity index (χ2n) is 3.84. The van der Waals surface area contributed by atoms with E-state index in [1.807, 2.05) is 0 Å². The van der Waals surface area contributed by atoms with E-state index in [0.717, 1.165) is 0 Å². The molecular formula is C9H12F3NO3. The minimum absolute atomic E-state index is 0.132. The van der Waals surface area contributed by atoms with E-state index in [1.165, 1.54) is 0 Å². The van der Waals surface area contributed by atoms with Crippen LogP contribution in [-0.2, 0) is 9.59 Å². The summed E-state index contributed by atoms with van der Waals surface area (Å²) >= 11 is 0. The van der Waals surface area contributed by atoms with Crippen molar-refractivity contribution < 1.29 is 27.9 Å². The van der Waals surface area contributed by atoms with Gasteiger partial charge in [0.25, 0.3) is 0 Å². The van der Waals surface area contributed by atoms with Crippen LogP contribution >= 0.6 is 0 Å². The molecule has 7 heteroatoms. The molecular weight excluding hydrogens is 227 g/mol. The molecule has 0 aromatic heterocycles. The van der Waals surface area contributed by atoms with Crippen LogP contribution in [0.3, 0.4) is 0 Å². The molecule has 0 aromatic carbocycles. The number of halogens is 3. The number of nitrogens with one attached hydrogen (secondary N) is 1. The van der Waals surface area contributed by atoms with E-state index in [4.69, 9.17) is 5.11 Å². The Kier molecular flexibility index (Phi) is 3.77. The molecule has 0 saturated heterocycles. The van der Waals surface area contributed by atoms with Gasteiger partial charge in [-0.15, -0.1) is 0 Å². The smallest absolute Gasteiger partial charge is 0.389 e. The lowest BCUT2D eigenvalue weighted by Gasteiger charge is -2.13. The molecule has 1 amide bonds. The highest BCUT2D eigenvalue weighted by atomic mass is 19.4. The van der Waals surface area contributed by atoms with Crippen LogP contribution in [0.4, 0.5) is 13.2 Å². The highest BCUT2D eigenvalue weighted by Crippen LogP contribution is 2.32. The third-order valence-corrected chi connectivity index (χ3v) is 2.31. The molecule has 1 rings (SSSR count). The largest absolute Gasteiger partial charge is 0.480 e. The first kappa shape index (κ1) is 12.8. The number of aliphatic carboxylic acids is 1. The van der Waals surface area contributed by atoms with Gasteiger partial charge in [-0.05, 0) is 18.8 Å². The quantitative estimate of drug-likeness (QED) is 0.760. The van der Waals surface area contributed by atoms with Crippen LogP contribution in [0.2, 0.25) is 0 Å². The second kappa shape index (κ2) is 4.71. The van der Waals surface area contributed by atoms with Crippen molar-refractivity contribution in [3.8, 4) is 0 Å². The van der Waals surface area contributed by atoms with Gasteiger partial charge in [-0.2, -0.15) is 13.2 Å². The van der Waals surface area contributed by atoms with Crippen molar-refractivity contribution in [2.45, 2.75) is 37.9 Å². The van der Waals surface area contributed by atoms with Crippen LogP contribution in [0.25, 0.3) is 0 Å². The Bertz CT molecular complexity index is 286. The third-order valence-electron chi connectivity index (χ3n) is 2.31. The summed E-state index contributed by atoms with van der Waals surface area (Å²) in [5.41, 5.74) is 0. The van der Waals surface area contributed by atoms with Crippen molar-refractivity contribution in [3.05, 3.63) is 0 Å². The summed E-state index contributed by atoms with van der Waals surface area (Å²) in [5, 5.41) is 10.8. The van der Waals surface area contributed by atoms with Gasteiger partial charge in [-0.3, -0.25) is 4.79 Å². The Morgan fingerprint density at radius 1 is 1.38 bits per heavy atom. The summed E-state index contributed by atoms with van der Waals surface area (Å²) in [6.07, 6.45) is -4.96. The van der Waals surface area contributed by atoms with Gasteiger partial charge in [-0.25, -0.2) is 4.79 Å². The summed E-state index contributed by atoms with van der Waals surface area (Å²) in [6, 6.07) is -1.04. The number of amides is 1. The van der Waals surface area contributed by atoms with Crippen molar-refractivity contribution in [1.82, 2.24) is 5.32 Å². The predicted octanol–water partition coefficient (Wildman–Crippen LogP) is 1.31. The molecule has 1 aliphatic rings.